The van der Waals surface area contributed by atoms with Gasteiger partial charge in [0.2, 0.25) is 5.91 Å². The van der Waals surface area contributed by atoms with Crippen LogP contribution in [0.2, 0.25) is 0 Å². The Balaban J connectivity index is 0.00000160. The van der Waals surface area contributed by atoms with E-state index in [2.05, 4.69) is 13.8 Å². The van der Waals surface area contributed by atoms with Crippen molar-refractivity contribution in [3.05, 3.63) is 180 Å². The van der Waals surface area contributed by atoms with Gasteiger partial charge in [-0.3, -0.25) is 4.79 Å². The number of halogens is 1. The van der Waals surface area contributed by atoms with E-state index in [1.54, 1.807) is 41.3 Å². The molecule has 0 bridgehead atoms. The molecule has 1 heterocycles. The van der Waals surface area contributed by atoms with Gasteiger partial charge in [-0.05, 0) is 95.3 Å². The number of aromatic hydroxyl groups is 1. The van der Waals surface area contributed by atoms with Gasteiger partial charge in [0.05, 0.1) is 18.1 Å². The summed E-state index contributed by atoms with van der Waals surface area (Å²) < 4.78 is 26.3. The van der Waals surface area contributed by atoms with Gasteiger partial charge >= 0.3 is 0 Å². The molecule has 6 aromatic rings. The van der Waals surface area contributed by atoms with Gasteiger partial charge < -0.3 is 24.6 Å². The van der Waals surface area contributed by atoms with E-state index in [1.165, 1.54) is 18.6 Å². The number of ether oxygens (including phenoxy) is 2. The molecule has 2 unspecified atom stereocenters. The van der Waals surface area contributed by atoms with E-state index in [4.69, 9.17) is 9.47 Å². The summed E-state index contributed by atoms with van der Waals surface area (Å²) in [6.07, 6.45) is 1.11. The Labute approximate surface area is 317 Å². The number of hydrogen-bond donors (Lipinski definition) is 2. The van der Waals surface area contributed by atoms with Gasteiger partial charge in [-0.2, -0.15) is 0 Å². The molecule has 7 heteroatoms. The Bertz CT molecular complexity index is 2090. The molecule has 3 atom stereocenters. The third-order valence-electron chi connectivity index (χ3n) is 9.33. The lowest BCUT2D eigenvalue weighted by Crippen LogP contribution is -2.55. The number of phenols is 1. The van der Waals surface area contributed by atoms with Gasteiger partial charge in [0.15, 0.2) is 0 Å². The molecule has 1 aliphatic heterocycles. The minimum Gasteiger partial charge on any atom is -0.508 e. The highest BCUT2D eigenvalue weighted by Gasteiger charge is 2.49. The Hall–Kier alpha value is -5.92. The fourth-order valence-electron chi connectivity index (χ4n) is 6.60. The number of aliphatic hydroxyl groups excluding tert-OH is 1. The van der Waals surface area contributed by atoms with Gasteiger partial charge in [0, 0.05) is 11.3 Å². The van der Waals surface area contributed by atoms with Crippen LogP contribution in [0.4, 0.5) is 10.1 Å². The number of amides is 1. The molecular weight excluding hydrogens is 678 g/mol. The number of rotatable bonds is 13. The molecule has 1 fully saturated rings. The van der Waals surface area contributed by atoms with Crippen molar-refractivity contribution in [3.63, 3.8) is 0 Å². The van der Waals surface area contributed by atoms with Gasteiger partial charge in [-0.1, -0.05) is 117 Å². The highest BCUT2D eigenvalue weighted by molar-refractivity contribution is 6.03. The lowest BCUT2D eigenvalue weighted by molar-refractivity contribution is -0.131. The van der Waals surface area contributed by atoms with Crippen LogP contribution < -0.4 is 14.4 Å². The van der Waals surface area contributed by atoms with E-state index < -0.39 is 18.1 Å². The van der Waals surface area contributed by atoms with Crippen molar-refractivity contribution in [1.29, 1.82) is 0 Å². The lowest BCUT2D eigenvalue weighted by Gasteiger charge is -2.48. The summed E-state index contributed by atoms with van der Waals surface area (Å²) in [5.41, 5.74) is 6.05. The van der Waals surface area contributed by atoms with Crippen molar-refractivity contribution < 1.29 is 28.9 Å². The Morgan fingerprint density at radius 3 is 1.96 bits per heavy atom. The van der Waals surface area contributed by atoms with E-state index in [-0.39, 0.29) is 17.5 Å². The van der Waals surface area contributed by atoms with Crippen LogP contribution in [0.3, 0.4) is 0 Å². The average molecular weight is 724 g/mol. The summed E-state index contributed by atoms with van der Waals surface area (Å²) in [7, 11) is 0. The fraction of sp³-hybridized carbons (Fsp3) is 0.213. The van der Waals surface area contributed by atoms with Crippen LogP contribution in [-0.4, -0.2) is 16.1 Å². The number of aliphatic hydroxyl groups is 1. The lowest BCUT2D eigenvalue weighted by atomic mass is 9.77. The summed E-state index contributed by atoms with van der Waals surface area (Å²) in [6.45, 7) is 5.03. The summed E-state index contributed by atoms with van der Waals surface area (Å²) in [5, 5.41) is 21.0. The minimum absolute atomic E-state index is 0.0849. The van der Waals surface area contributed by atoms with E-state index in [0.717, 1.165) is 33.6 Å². The quantitative estimate of drug-likeness (QED) is 0.116. The number of hydrogen-bond acceptors (Lipinski definition) is 5. The first-order chi connectivity index (χ1) is 26.3. The number of anilines is 1. The minimum atomic E-state index is -0.852. The average Bonchev–Trinajstić information content (AvgIpc) is 3.20. The standard InChI is InChI=1S/C44H38FNO5.C3H8/c45-35-17-14-32(15-18-35)41(48)25-24-40-43(46(44(40)49)36-19-21-37(47)22-20-36)39-23-16-34(27-42(39)51-29-31-10-5-2-6-11-31)33-12-7-13-38(26-33)50-28-30-8-3-1-4-9-30;1-3-2/h1-23,26-27,40-41,43,47-48H,24-25,28-29H2;3H2,1-2H3/t40?,41?,43-;/m0./s1. The Morgan fingerprint density at radius 1 is 0.704 bits per heavy atom. The second-order valence-corrected chi connectivity index (χ2v) is 13.5. The molecule has 6 nitrogen and oxygen atoms in total. The van der Waals surface area contributed by atoms with Crippen LogP contribution in [0, 0.1) is 11.7 Å². The van der Waals surface area contributed by atoms with E-state index >= 15 is 0 Å². The third-order valence-corrected chi connectivity index (χ3v) is 9.33. The number of carbonyl (C=O) groups is 1. The molecule has 0 saturated carbocycles. The van der Waals surface area contributed by atoms with Crippen LogP contribution in [0.25, 0.3) is 11.1 Å². The molecule has 1 saturated heterocycles. The number of β-lactam (4-membered cyclic amide) rings is 1. The number of benzene rings is 6. The van der Waals surface area contributed by atoms with E-state index in [0.29, 0.717) is 43.1 Å². The summed E-state index contributed by atoms with van der Waals surface area (Å²) in [4.78, 5) is 15.6. The van der Waals surface area contributed by atoms with Crippen LogP contribution in [0.15, 0.2) is 152 Å². The largest absolute Gasteiger partial charge is 0.508 e. The second kappa shape index (κ2) is 18.2. The van der Waals surface area contributed by atoms with Gasteiger partial charge in [-0.15, -0.1) is 0 Å². The topological polar surface area (TPSA) is 79.2 Å². The number of carbonyl (C=O) groups excluding carboxylic acids is 1. The smallest absolute Gasteiger partial charge is 0.233 e. The first-order valence-electron chi connectivity index (χ1n) is 18.5. The maximum Gasteiger partial charge on any atom is 0.233 e. The maximum atomic E-state index is 13.9. The highest BCUT2D eigenvalue weighted by atomic mass is 19.1. The van der Waals surface area contributed by atoms with Crippen molar-refractivity contribution in [1.82, 2.24) is 0 Å². The molecule has 6 aromatic carbocycles. The van der Waals surface area contributed by atoms with Gasteiger partial charge in [-0.25, -0.2) is 4.39 Å². The van der Waals surface area contributed by atoms with Crippen LogP contribution in [0.1, 0.15) is 67.5 Å². The molecule has 276 valence electrons. The first kappa shape index (κ1) is 37.8. The van der Waals surface area contributed by atoms with Crippen molar-refractivity contribution in [2.75, 3.05) is 4.90 Å². The van der Waals surface area contributed by atoms with Crippen molar-refractivity contribution in [2.24, 2.45) is 5.92 Å². The Morgan fingerprint density at radius 2 is 1.31 bits per heavy atom. The zero-order valence-corrected chi connectivity index (χ0v) is 30.6. The van der Waals surface area contributed by atoms with Gasteiger partial charge in [0.25, 0.3) is 0 Å². The highest BCUT2D eigenvalue weighted by Crippen LogP contribution is 2.49. The molecule has 0 aromatic heterocycles. The van der Waals surface area contributed by atoms with Crippen LogP contribution >= 0.6 is 0 Å². The predicted molar refractivity (Wildman–Crippen MR) is 212 cm³/mol. The maximum absolute atomic E-state index is 13.9. The monoisotopic (exact) mass is 723 g/mol. The van der Waals surface area contributed by atoms with E-state index in [1.807, 2.05) is 103 Å². The van der Waals surface area contributed by atoms with Crippen LogP contribution in [0.5, 0.6) is 17.2 Å². The molecule has 7 rings (SSSR count). The van der Waals surface area contributed by atoms with Gasteiger partial charge in [0.1, 0.15) is 36.3 Å². The molecule has 0 radical (unpaired) electrons. The predicted octanol–water partition coefficient (Wildman–Crippen LogP) is 11.0. The molecular formula is C47H46FNO5. The van der Waals surface area contributed by atoms with E-state index in [9.17, 15) is 19.4 Å². The van der Waals surface area contributed by atoms with Crippen molar-refractivity contribution in [3.8, 4) is 28.4 Å². The number of nitrogens with zero attached hydrogens (tertiary/aromatic N) is 1. The summed E-state index contributed by atoms with van der Waals surface area (Å²) >= 11 is 0. The SMILES string of the molecule is CCC.O=C1C(CCC(O)c2ccc(F)cc2)[C@H](c2ccc(-c3cccc(OCc4ccccc4)c3)cc2OCc2ccccc2)N1c1ccc(O)cc1. The van der Waals surface area contributed by atoms with Crippen molar-refractivity contribution >= 4 is 11.6 Å². The zero-order valence-electron chi connectivity index (χ0n) is 30.6. The normalized spacial score (nSPS) is 15.4. The molecule has 1 aliphatic rings. The second-order valence-electron chi connectivity index (χ2n) is 13.5. The third kappa shape index (κ3) is 9.35. The number of phenolic OH excluding ortho intramolecular Hbond substituents is 1. The molecule has 2 N–H and O–H groups in total. The molecule has 54 heavy (non-hydrogen) atoms. The molecule has 0 spiro atoms. The van der Waals surface area contributed by atoms with Crippen molar-refractivity contribution in [2.45, 2.75) is 58.5 Å². The summed E-state index contributed by atoms with van der Waals surface area (Å²) in [5.74, 6) is 0.579. The first-order valence-corrected chi connectivity index (χ1v) is 18.5. The summed E-state index contributed by atoms with van der Waals surface area (Å²) in [6, 6.07) is 45.9. The Kier molecular flexibility index (Phi) is 12.8. The van der Waals surface area contributed by atoms with Crippen LogP contribution in [-0.2, 0) is 18.0 Å². The zero-order chi connectivity index (χ0) is 37.9. The molecule has 0 aliphatic carbocycles. The molecule has 1 amide bonds. The fourth-order valence-corrected chi connectivity index (χ4v) is 6.60.